The van der Waals surface area contributed by atoms with Gasteiger partial charge in [0, 0.05) is 11.6 Å². The minimum absolute atomic E-state index is 0.0983. The highest BCUT2D eigenvalue weighted by Crippen LogP contribution is 2.28. The number of benzene rings is 2. The molecule has 0 unspecified atom stereocenters. The topological polar surface area (TPSA) is 45.9 Å². The summed E-state index contributed by atoms with van der Waals surface area (Å²) in [5, 5.41) is 9.89. The van der Waals surface area contributed by atoms with Crippen LogP contribution in [0.1, 0.15) is 5.56 Å². The lowest BCUT2D eigenvalue weighted by Crippen LogP contribution is -1.91. The zero-order valence-electron chi connectivity index (χ0n) is 10.4. The van der Waals surface area contributed by atoms with Gasteiger partial charge in [0.05, 0.1) is 5.52 Å². The van der Waals surface area contributed by atoms with E-state index in [1.807, 2.05) is 24.3 Å². The molecule has 0 atom stereocenters. The normalized spacial score (nSPS) is 10.2. The lowest BCUT2D eigenvalue weighted by atomic mass is 10.2. The molecule has 0 N–H and O–H groups in total. The van der Waals surface area contributed by atoms with E-state index in [0.717, 1.165) is 10.9 Å². The third-order valence-corrected chi connectivity index (χ3v) is 2.89. The number of fused-ring (bicyclic) bond motifs is 1. The highest BCUT2D eigenvalue weighted by Gasteiger charge is 2.10. The monoisotopic (exact) mass is 264 g/mol. The van der Waals surface area contributed by atoms with Crippen molar-refractivity contribution < 1.29 is 9.13 Å². The number of hydrogen-bond donors (Lipinski definition) is 0. The first-order valence-electron chi connectivity index (χ1n) is 5.99. The van der Waals surface area contributed by atoms with Crippen molar-refractivity contribution in [1.82, 2.24) is 4.98 Å². The number of nitrogens with zero attached hydrogens (tertiary/aromatic N) is 2. The molecular weight excluding hydrogens is 255 g/mol. The van der Waals surface area contributed by atoms with Gasteiger partial charge in [0.25, 0.3) is 0 Å². The number of hydrogen-bond acceptors (Lipinski definition) is 3. The van der Waals surface area contributed by atoms with E-state index in [4.69, 9.17) is 10.00 Å². The molecule has 0 amide bonds. The van der Waals surface area contributed by atoms with Gasteiger partial charge >= 0.3 is 0 Å². The number of aromatic nitrogens is 1. The summed E-state index contributed by atoms with van der Waals surface area (Å²) >= 11 is 0. The van der Waals surface area contributed by atoms with E-state index in [0.29, 0.717) is 5.75 Å². The summed E-state index contributed by atoms with van der Waals surface area (Å²) in [6.45, 7) is 0. The van der Waals surface area contributed by atoms with Crippen molar-refractivity contribution in [2.24, 2.45) is 0 Å². The smallest absolute Gasteiger partial charge is 0.148 e. The average molecular weight is 264 g/mol. The second-order valence-corrected chi connectivity index (χ2v) is 4.18. The van der Waals surface area contributed by atoms with Gasteiger partial charge in [0.1, 0.15) is 28.9 Å². The van der Waals surface area contributed by atoms with Crippen molar-refractivity contribution in [2.45, 2.75) is 0 Å². The second-order valence-electron chi connectivity index (χ2n) is 4.18. The van der Waals surface area contributed by atoms with Crippen LogP contribution in [0.5, 0.6) is 11.5 Å². The van der Waals surface area contributed by atoms with E-state index in [2.05, 4.69) is 4.98 Å². The molecule has 0 fully saturated rings. The van der Waals surface area contributed by atoms with E-state index in [1.54, 1.807) is 24.4 Å². The summed E-state index contributed by atoms with van der Waals surface area (Å²) < 4.78 is 19.1. The van der Waals surface area contributed by atoms with E-state index >= 15 is 0 Å². The molecule has 0 aliphatic carbocycles. The summed E-state index contributed by atoms with van der Waals surface area (Å²) in [5.74, 6) is 0.149. The van der Waals surface area contributed by atoms with Crippen LogP contribution in [0.25, 0.3) is 10.9 Å². The molecular formula is C16H9FN2O. The van der Waals surface area contributed by atoms with Crippen LogP contribution in [0, 0.1) is 17.1 Å². The summed E-state index contributed by atoms with van der Waals surface area (Å²) in [4.78, 5) is 4.21. The Morgan fingerprint density at radius 2 is 2.00 bits per heavy atom. The Kier molecular flexibility index (Phi) is 3.02. The van der Waals surface area contributed by atoms with Crippen LogP contribution in [0.2, 0.25) is 0 Å². The van der Waals surface area contributed by atoms with Gasteiger partial charge in [-0.2, -0.15) is 5.26 Å². The van der Waals surface area contributed by atoms with Crippen molar-refractivity contribution in [2.75, 3.05) is 0 Å². The van der Waals surface area contributed by atoms with Crippen molar-refractivity contribution >= 4 is 10.9 Å². The maximum Gasteiger partial charge on any atom is 0.148 e. The molecule has 0 saturated heterocycles. The summed E-state index contributed by atoms with van der Waals surface area (Å²) in [7, 11) is 0. The Morgan fingerprint density at radius 1 is 1.10 bits per heavy atom. The molecule has 3 nitrogen and oxygen atoms in total. The highest BCUT2D eigenvalue weighted by atomic mass is 19.1. The minimum Gasteiger partial charge on any atom is -0.456 e. The SMILES string of the molecule is N#Cc1c(F)cccc1Oc1ccc2ncccc2c1. The standard InChI is InChI=1S/C16H9FN2O/c17-14-4-1-5-16(13(14)10-18)20-12-6-7-15-11(9-12)3-2-8-19-15/h1-9H. The molecule has 0 aliphatic rings. The molecule has 0 bridgehead atoms. The van der Waals surface area contributed by atoms with Gasteiger partial charge in [-0.3, -0.25) is 4.98 Å². The molecule has 96 valence electrons. The lowest BCUT2D eigenvalue weighted by Gasteiger charge is -2.08. The first kappa shape index (κ1) is 12.1. The van der Waals surface area contributed by atoms with Crippen molar-refractivity contribution in [3.63, 3.8) is 0 Å². The Hall–Kier alpha value is -2.93. The third kappa shape index (κ3) is 2.17. The molecule has 20 heavy (non-hydrogen) atoms. The third-order valence-electron chi connectivity index (χ3n) is 2.89. The van der Waals surface area contributed by atoms with Gasteiger partial charge < -0.3 is 4.74 Å². The van der Waals surface area contributed by atoms with Crippen LogP contribution in [-0.4, -0.2) is 4.98 Å². The van der Waals surface area contributed by atoms with Crippen molar-refractivity contribution in [3.05, 3.63) is 66.1 Å². The lowest BCUT2D eigenvalue weighted by molar-refractivity contribution is 0.475. The Labute approximate surface area is 114 Å². The van der Waals surface area contributed by atoms with E-state index < -0.39 is 5.82 Å². The van der Waals surface area contributed by atoms with Gasteiger partial charge in [0.15, 0.2) is 0 Å². The fourth-order valence-electron chi connectivity index (χ4n) is 1.94. The first-order valence-corrected chi connectivity index (χ1v) is 5.99. The predicted octanol–water partition coefficient (Wildman–Crippen LogP) is 4.04. The van der Waals surface area contributed by atoms with Crippen LogP contribution >= 0.6 is 0 Å². The van der Waals surface area contributed by atoms with Gasteiger partial charge in [-0.1, -0.05) is 12.1 Å². The van der Waals surface area contributed by atoms with Gasteiger partial charge in [-0.05, 0) is 36.4 Å². The molecule has 3 aromatic rings. The van der Waals surface area contributed by atoms with E-state index in [-0.39, 0.29) is 11.3 Å². The van der Waals surface area contributed by atoms with Crippen LogP contribution in [0.3, 0.4) is 0 Å². The average Bonchev–Trinajstić information content (AvgIpc) is 2.47. The molecule has 4 heteroatoms. The fourth-order valence-corrected chi connectivity index (χ4v) is 1.94. The molecule has 0 saturated carbocycles. The zero-order chi connectivity index (χ0) is 13.9. The molecule has 2 aromatic carbocycles. The summed E-state index contributed by atoms with van der Waals surface area (Å²) in [5.41, 5.74) is 0.749. The maximum absolute atomic E-state index is 13.5. The second kappa shape index (κ2) is 4.98. The van der Waals surface area contributed by atoms with Crippen molar-refractivity contribution in [3.8, 4) is 17.6 Å². The van der Waals surface area contributed by atoms with Crippen LogP contribution in [0.4, 0.5) is 4.39 Å². The molecule has 1 aromatic heterocycles. The first-order chi connectivity index (χ1) is 9.78. The highest BCUT2D eigenvalue weighted by molar-refractivity contribution is 5.79. The Bertz CT molecular complexity index is 824. The zero-order valence-corrected chi connectivity index (χ0v) is 10.4. The maximum atomic E-state index is 13.5. The largest absolute Gasteiger partial charge is 0.456 e. The van der Waals surface area contributed by atoms with Crippen LogP contribution in [-0.2, 0) is 0 Å². The predicted molar refractivity (Wildman–Crippen MR) is 72.9 cm³/mol. The molecule has 3 rings (SSSR count). The van der Waals surface area contributed by atoms with E-state index in [9.17, 15) is 4.39 Å². The number of halogens is 1. The summed E-state index contributed by atoms with van der Waals surface area (Å²) in [6, 6.07) is 15.2. The van der Waals surface area contributed by atoms with Crippen LogP contribution in [0.15, 0.2) is 54.7 Å². The number of nitriles is 1. The fraction of sp³-hybridized carbons (Fsp3) is 0. The number of ether oxygens (including phenoxy) is 1. The van der Waals surface area contributed by atoms with E-state index in [1.165, 1.54) is 12.1 Å². The molecule has 0 aliphatic heterocycles. The number of rotatable bonds is 2. The van der Waals surface area contributed by atoms with Crippen LogP contribution < -0.4 is 4.74 Å². The molecule has 0 spiro atoms. The summed E-state index contributed by atoms with van der Waals surface area (Å²) in [6.07, 6.45) is 1.71. The molecule has 1 heterocycles. The van der Waals surface area contributed by atoms with Gasteiger partial charge in [0.2, 0.25) is 0 Å². The Morgan fingerprint density at radius 3 is 2.85 bits per heavy atom. The van der Waals surface area contributed by atoms with Crippen molar-refractivity contribution in [1.29, 1.82) is 5.26 Å². The Balaban J connectivity index is 2.02. The molecule has 0 radical (unpaired) electrons. The van der Waals surface area contributed by atoms with Gasteiger partial charge in [-0.15, -0.1) is 0 Å². The number of pyridine rings is 1. The quantitative estimate of drug-likeness (QED) is 0.701. The minimum atomic E-state index is -0.590. The van der Waals surface area contributed by atoms with Gasteiger partial charge in [-0.25, -0.2) is 4.39 Å².